The van der Waals surface area contributed by atoms with Gasteiger partial charge in [0.15, 0.2) is 0 Å². The van der Waals surface area contributed by atoms with Crippen molar-refractivity contribution in [2.45, 2.75) is 12.8 Å². The molecule has 1 unspecified atom stereocenters. The van der Waals surface area contributed by atoms with E-state index in [-0.39, 0.29) is 0 Å². The first-order valence-corrected chi connectivity index (χ1v) is 4.70. The predicted octanol–water partition coefficient (Wildman–Crippen LogP) is 1.03. The van der Waals surface area contributed by atoms with Gasteiger partial charge in [-0.2, -0.15) is 0 Å². The summed E-state index contributed by atoms with van der Waals surface area (Å²) in [5, 5.41) is 0. The Labute approximate surface area is 73.0 Å². The maximum atomic E-state index is 5.42. The molecule has 0 aromatic heterocycles. The van der Waals surface area contributed by atoms with E-state index < -0.39 is 0 Å². The molecule has 12 heavy (non-hydrogen) atoms. The average molecular weight is 172 g/mol. The molecule has 0 spiro atoms. The second kappa shape index (κ2) is 4.21. The first kappa shape index (κ1) is 8.48. The minimum absolute atomic E-state index is 0.476. The van der Waals surface area contributed by atoms with Gasteiger partial charge in [0, 0.05) is 19.1 Å². The lowest BCUT2D eigenvalue weighted by Gasteiger charge is -2.32. The minimum Gasteiger partial charge on any atom is -0.381 e. The van der Waals surface area contributed by atoms with Crippen LogP contribution in [0.5, 0.6) is 0 Å². The first-order chi connectivity index (χ1) is 5.97. The predicted molar refractivity (Wildman–Crippen MR) is 43.8 cm³/mol. The summed E-state index contributed by atoms with van der Waals surface area (Å²) in [6.45, 7) is 4.02. The van der Waals surface area contributed by atoms with Crippen molar-refractivity contribution in [1.29, 1.82) is 0 Å². The lowest BCUT2D eigenvalue weighted by atomic mass is 9.88. The molecular weight excluding hydrogens is 156 g/mol. The highest BCUT2D eigenvalue weighted by Gasteiger charge is 2.26. The van der Waals surface area contributed by atoms with Crippen LogP contribution in [0.3, 0.4) is 0 Å². The van der Waals surface area contributed by atoms with Crippen molar-refractivity contribution in [2.24, 2.45) is 11.8 Å². The molecule has 0 amide bonds. The summed E-state index contributed by atoms with van der Waals surface area (Å²) in [6, 6.07) is 0. The summed E-state index contributed by atoms with van der Waals surface area (Å²) in [7, 11) is 0. The minimum atomic E-state index is 0.476. The zero-order chi connectivity index (χ0) is 8.23. The fraction of sp³-hybridized carbons (Fsp3) is 1.00. The van der Waals surface area contributed by atoms with Crippen molar-refractivity contribution in [3.63, 3.8) is 0 Å². The van der Waals surface area contributed by atoms with Crippen molar-refractivity contribution in [3.8, 4) is 0 Å². The molecule has 0 saturated carbocycles. The molecule has 2 fully saturated rings. The molecule has 2 rings (SSSR count). The van der Waals surface area contributed by atoms with Crippen LogP contribution >= 0.6 is 0 Å². The van der Waals surface area contributed by atoms with Crippen LogP contribution in [0.2, 0.25) is 0 Å². The molecule has 3 nitrogen and oxygen atoms in total. The normalized spacial score (nSPS) is 33.5. The van der Waals surface area contributed by atoms with Gasteiger partial charge in [-0.3, -0.25) is 0 Å². The van der Waals surface area contributed by atoms with E-state index in [1.54, 1.807) is 0 Å². The Balaban J connectivity index is 1.80. The van der Waals surface area contributed by atoms with Crippen molar-refractivity contribution in [1.82, 2.24) is 0 Å². The summed E-state index contributed by atoms with van der Waals surface area (Å²) in [5.41, 5.74) is 0. The summed E-state index contributed by atoms with van der Waals surface area (Å²) in [6.07, 6.45) is 2.47. The van der Waals surface area contributed by atoms with E-state index in [0.29, 0.717) is 18.6 Å². The van der Waals surface area contributed by atoms with Crippen LogP contribution in [-0.2, 0) is 14.2 Å². The summed E-state index contributed by atoms with van der Waals surface area (Å²) in [4.78, 5) is 0. The first-order valence-electron chi connectivity index (χ1n) is 4.70. The average Bonchev–Trinajstić information content (AvgIpc) is 2.21. The molecular formula is C9H16O3. The highest BCUT2D eigenvalue weighted by atomic mass is 16.7. The van der Waals surface area contributed by atoms with Crippen LogP contribution in [0.1, 0.15) is 12.8 Å². The molecule has 3 heteroatoms. The van der Waals surface area contributed by atoms with Crippen LogP contribution in [0, 0.1) is 11.8 Å². The van der Waals surface area contributed by atoms with Crippen LogP contribution in [0.4, 0.5) is 0 Å². The van der Waals surface area contributed by atoms with Crippen LogP contribution in [0.25, 0.3) is 0 Å². The van der Waals surface area contributed by atoms with Crippen molar-refractivity contribution in [3.05, 3.63) is 0 Å². The number of hydrogen-bond donors (Lipinski definition) is 0. The number of hydrogen-bond acceptors (Lipinski definition) is 3. The second-order valence-corrected chi connectivity index (χ2v) is 3.60. The van der Waals surface area contributed by atoms with Gasteiger partial charge in [0.05, 0.1) is 13.2 Å². The highest BCUT2D eigenvalue weighted by molar-refractivity contribution is 4.73. The third-order valence-electron chi connectivity index (χ3n) is 2.69. The molecule has 1 atom stereocenters. The monoisotopic (exact) mass is 172 g/mol. The Morgan fingerprint density at radius 1 is 0.833 bits per heavy atom. The van der Waals surface area contributed by atoms with Crippen molar-refractivity contribution >= 4 is 0 Å². The molecule has 2 aliphatic heterocycles. The fourth-order valence-corrected chi connectivity index (χ4v) is 1.92. The van der Waals surface area contributed by atoms with Gasteiger partial charge in [-0.05, 0) is 18.8 Å². The SMILES string of the molecule is C1COCC(C2COCOC2)C1. The Morgan fingerprint density at radius 2 is 1.58 bits per heavy atom. The van der Waals surface area contributed by atoms with Gasteiger partial charge in [-0.1, -0.05) is 0 Å². The van der Waals surface area contributed by atoms with Crippen molar-refractivity contribution in [2.75, 3.05) is 33.2 Å². The molecule has 2 aliphatic rings. The molecule has 0 N–H and O–H groups in total. The lowest BCUT2D eigenvalue weighted by molar-refractivity contribution is -0.147. The topological polar surface area (TPSA) is 27.7 Å². The van der Waals surface area contributed by atoms with Gasteiger partial charge in [-0.15, -0.1) is 0 Å². The van der Waals surface area contributed by atoms with E-state index in [0.717, 1.165) is 26.4 Å². The van der Waals surface area contributed by atoms with Crippen molar-refractivity contribution < 1.29 is 14.2 Å². The van der Waals surface area contributed by atoms with Gasteiger partial charge < -0.3 is 14.2 Å². The van der Waals surface area contributed by atoms with Gasteiger partial charge >= 0.3 is 0 Å². The molecule has 0 aromatic carbocycles. The molecule has 0 aliphatic carbocycles. The zero-order valence-electron chi connectivity index (χ0n) is 7.33. The highest BCUT2D eigenvalue weighted by Crippen LogP contribution is 2.24. The number of ether oxygens (including phenoxy) is 3. The lowest BCUT2D eigenvalue weighted by Crippen LogP contribution is -2.34. The Hall–Kier alpha value is -0.120. The summed E-state index contributed by atoms with van der Waals surface area (Å²) in [5.74, 6) is 1.23. The summed E-state index contributed by atoms with van der Waals surface area (Å²) < 4.78 is 15.9. The Morgan fingerprint density at radius 3 is 2.25 bits per heavy atom. The molecule has 70 valence electrons. The Kier molecular flexibility index (Phi) is 2.98. The van der Waals surface area contributed by atoms with Crippen LogP contribution in [-0.4, -0.2) is 33.2 Å². The molecule has 0 radical (unpaired) electrons. The third kappa shape index (κ3) is 1.97. The molecule has 0 bridgehead atoms. The number of rotatable bonds is 1. The van der Waals surface area contributed by atoms with E-state index >= 15 is 0 Å². The van der Waals surface area contributed by atoms with Gasteiger partial charge in [0.2, 0.25) is 0 Å². The quantitative estimate of drug-likeness (QED) is 0.591. The second-order valence-electron chi connectivity index (χ2n) is 3.60. The largest absolute Gasteiger partial charge is 0.381 e. The van der Waals surface area contributed by atoms with Gasteiger partial charge in [-0.25, -0.2) is 0 Å². The van der Waals surface area contributed by atoms with E-state index in [9.17, 15) is 0 Å². The Bertz CT molecular complexity index is 110. The fourth-order valence-electron chi connectivity index (χ4n) is 1.92. The van der Waals surface area contributed by atoms with Crippen LogP contribution in [0.15, 0.2) is 0 Å². The zero-order valence-corrected chi connectivity index (χ0v) is 7.33. The molecule has 0 aromatic rings. The smallest absolute Gasteiger partial charge is 0.146 e. The van der Waals surface area contributed by atoms with Crippen LogP contribution < -0.4 is 0 Å². The van der Waals surface area contributed by atoms with E-state index in [2.05, 4.69) is 0 Å². The summed E-state index contributed by atoms with van der Waals surface area (Å²) >= 11 is 0. The van der Waals surface area contributed by atoms with Gasteiger partial charge in [0.25, 0.3) is 0 Å². The van der Waals surface area contributed by atoms with E-state index in [1.807, 2.05) is 0 Å². The van der Waals surface area contributed by atoms with Gasteiger partial charge in [0.1, 0.15) is 6.79 Å². The van der Waals surface area contributed by atoms with E-state index in [1.165, 1.54) is 12.8 Å². The van der Waals surface area contributed by atoms with E-state index in [4.69, 9.17) is 14.2 Å². The third-order valence-corrected chi connectivity index (χ3v) is 2.69. The molecule has 2 saturated heterocycles. The standard InChI is InChI=1S/C9H16O3/c1-2-8(4-10-3-1)9-5-11-7-12-6-9/h8-9H,1-7H2. The molecule has 2 heterocycles. The maximum absolute atomic E-state index is 5.42. The maximum Gasteiger partial charge on any atom is 0.146 e.